The van der Waals surface area contributed by atoms with Crippen molar-refractivity contribution in [3.05, 3.63) is 18.2 Å². The number of nitrogens with two attached hydrogens (primary N) is 1. The molecule has 0 amide bonds. The van der Waals surface area contributed by atoms with Crippen LogP contribution in [0.4, 0.5) is 5.82 Å². The summed E-state index contributed by atoms with van der Waals surface area (Å²) in [5.74, 6) is 2.37. The largest absolute Gasteiger partial charge is 0.478 e. The van der Waals surface area contributed by atoms with Crippen LogP contribution in [0.3, 0.4) is 0 Å². The number of nitrogens with zero attached hydrogens (tertiary/aromatic N) is 2. The highest BCUT2D eigenvalue weighted by Gasteiger charge is 2.33. The second-order valence-corrected chi connectivity index (χ2v) is 4.52. The van der Waals surface area contributed by atoms with E-state index in [2.05, 4.69) is 16.9 Å². The van der Waals surface area contributed by atoms with Crippen LogP contribution in [0.1, 0.15) is 19.8 Å². The summed E-state index contributed by atoms with van der Waals surface area (Å²) in [5.41, 5.74) is 5.85. The maximum absolute atomic E-state index is 5.85. The molecular weight excluding hydrogens is 214 g/mol. The molecule has 1 fully saturated rings. The SMILES string of the molecule is CCOc1cccc(N(C)C(CN)C2CC2)n1. The molecule has 0 aliphatic heterocycles. The topological polar surface area (TPSA) is 51.4 Å². The van der Waals surface area contributed by atoms with Gasteiger partial charge in [0.15, 0.2) is 0 Å². The smallest absolute Gasteiger partial charge is 0.215 e. The molecule has 17 heavy (non-hydrogen) atoms. The number of likely N-dealkylation sites (N-methyl/N-ethyl adjacent to an activating group) is 1. The first-order valence-corrected chi connectivity index (χ1v) is 6.29. The summed E-state index contributed by atoms with van der Waals surface area (Å²) in [6.45, 7) is 3.29. The molecule has 1 saturated carbocycles. The molecule has 4 nitrogen and oxygen atoms in total. The fourth-order valence-corrected chi connectivity index (χ4v) is 2.15. The Kier molecular flexibility index (Phi) is 3.84. The van der Waals surface area contributed by atoms with E-state index < -0.39 is 0 Å². The van der Waals surface area contributed by atoms with Crippen molar-refractivity contribution in [3.63, 3.8) is 0 Å². The summed E-state index contributed by atoms with van der Waals surface area (Å²) in [4.78, 5) is 6.67. The molecule has 94 valence electrons. The second-order valence-electron chi connectivity index (χ2n) is 4.52. The quantitative estimate of drug-likeness (QED) is 0.814. The number of ether oxygens (including phenoxy) is 1. The number of hydrogen-bond acceptors (Lipinski definition) is 4. The minimum atomic E-state index is 0.402. The molecule has 1 aromatic rings. The average Bonchev–Trinajstić information content (AvgIpc) is 3.15. The van der Waals surface area contributed by atoms with Gasteiger partial charge in [0, 0.05) is 25.7 Å². The normalized spacial score (nSPS) is 16.6. The Hall–Kier alpha value is -1.29. The highest BCUT2D eigenvalue weighted by molar-refractivity contribution is 5.41. The monoisotopic (exact) mass is 235 g/mol. The van der Waals surface area contributed by atoms with E-state index in [4.69, 9.17) is 10.5 Å². The minimum absolute atomic E-state index is 0.402. The third-order valence-electron chi connectivity index (χ3n) is 3.27. The van der Waals surface area contributed by atoms with Gasteiger partial charge in [-0.15, -0.1) is 0 Å². The summed E-state index contributed by atoms with van der Waals surface area (Å²) in [5, 5.41) is 0. The van der Waals surface area contributed by atoms with Crippen LogP contribution in [0, 0.1) is 5.92 Å². The van der Waals surface area contributed by atoms with Crippen LogP contribution in [-0.2, 0) is 0 Å². The van der Waals surface area contributed by atoms with Gasteiger partial charge in [-0.1, -0.05) is 6.07 Å². The Bertz CT molecular complexity index is 365. The number of rotatable bonds is 6. The lowest BCUT2D eigenvalue weighted by Gasteiger charge is -2.28. The van der Waals surface area contributed by atoms with Crippen molar-refractivity contribution in [2.45, 2.75) is 25.8 Å². The van der Waals surface area contributed by atoms with E-state index in [0.717, 1.165) is 11.7 Å². The third-order valence-corrected chi connectivity index (χ3v) is 3.27. The van der Waals surface area contributed by atoms with Crippen LogP contribution in [0.15, 0.2) is 18.2 Å². The molecule has 4 heteroatoms. The minimum Gasteiger partial charge on any atom is -0.478 e. The van der Waals surface area contributed by atoms with Gasteiger partial charge in [-0.25, -0.2) is 0 Å². The molecule has 1 aliphatic carbocycles. The van der Waals surface area contributed by atoms with E-state index in [1.165, 1.54) is 12.8 Å². The predicted molar refractivity (Wildman–Crippen MR) is 69.4 cm³/mol. The fraction of sp³-hybridized carbons (Fsp3) is 0.615. The van der Waals surface area contributed by atoms with Crippen LogP contribution < -0.4 is 15.4 Å². The predicted octanol–water partition coefficient (Wildman–Crippen LogP) is 1.65. The zero-order valence-corrected chi connectivity index (χ0v) is 10.6. The number of aromatic nitrogens is 1. The molecular formula is C13H21N3O. The Morgan fingerprint density at radius 1 is 1.53 bits per heavy atom. The first kappa shape index (κ1) is 12.2. The maximum Gasteiger partial charge on any atom is 0.215 e. The number of anilines is 1. The van der Waals surface area contributed by atoms with Crippen LogP contribution in [-0.4, -0.2) is 31.2 Å². The molecule has 1 heterocycles. The van der Waals surface area contributed by atoms with E-state index in [-0.39, 0.29) is 0 Å². The molecule has 1 unspecified atom stereocenters. The summed E-state index contributed by atoms with van der Waals surface area (Å²) >= 11 is 0. The summed E-state index contributed by atoms with van der Waals surface area (Å²) < 4.78 is 5.42. The van der Waals surface area contributed by atoms with Crippen molar-refractivity contribution >= 4 is 5.82 Å². The lowest BCUT2D eigenvalue weighted by atomic mass is 10.1. The summed E-state index contributed by atoms with van der Waals surface area (Å²) in [6.07, 6.45) is 2.58. The Labute approximate surface area is 103 Å². The zero-order valence-electron chi connectivity index (χ0n) is 10.6. The van der Waals surface area contributed by atoms with Crippen LogP contribution in [0.25, 0.3) is 0 Å². The maximum atomic E-state index is 5.85. The highest BCUT2D eigenvalue weighted by Crippen LogP contribution is 2.35. The van der Waals surface area contributed by atoms with Gasteiger partial charge < -0.3 is 15.4 Å². The summed E-state index contributed by atoms with van der Waals surface area (Å²) in [6, 6.07) is 6.27. The van der Waals surface area contributed by atoms with Crippen LogP contribution in [0.5, 0.6) is 5.88 Å². The van der Waals surface area contributed by atoms with Crippen molar-refractivity contribution in [3.8, 4) is 5.88 Å². The molecule has 2 N–H and O–H groups in total. The lowest BCUT2D eigenvalue weighted by molar-refractivity contribution is 0.326. The van der Waals surface area contributed by atoms with Gasteiger partial charge in [0.2, 0.25) is 5.88 Å². The van der Waals surface area contributed by atoms with Crippen molar-refractivity contribution in [2.24, 2.45) is 11.7 Å². The first-order chi connectivity index (χ1) is 8.26. The van der Waals surface area contributed by atoms with E-state index in [1.807, 2.05) is 25.1 Å². The third kappa shape index (κ3) is 2.88. The first-order valence-electron chi connectivity index (χ1n) is 6.29. The molecule has 1 atom stereocenters. The van der Waals surface area contributed by atoms with Gasteiger partial charge in [-0.05, 0) is 31.7 Å². The molecule has 1 aliphatic rings. The average molecular weight is 235 g/mol. The number of hydrogen-bond donors (Lipinski definition) is 1. The van der Waals surface area contributed by atoms with E-state index in [9.17, 15) is 0 Å². The van der Waals surface area contributed by atoms with Gasteiger partial charge in [0.1, 0.15) is 5.82 Å². The van der Waals surface area contributed by atoms with E-state index in [1.54, 1.807) is 0 Å². The van der Waals surface area contributed by atoms with Crippen LogP contribution >= 0.6 is 0 Å². The van der Waals surface area contributed by atoms with E-state index in [0.29, 0.717) is 25.1 Å². The standard InChI is InChI=1S/C13H21N3O/c1-3-17-13-6-4-5-12(15-13)16(2)11(9-14)10-7-8-10/h4-6,10-11H,3,7-9,14H2,1-2H3. The van der Waals surface area contributed by atoms with Crippen molar-refractivity contribution < 1.29 is 4.74 Å². The Morgan fingerprint density at radius 3 is 2.88 bits per heavy atom. The Balaban J connectivity index is 2.11. The molecule has 0 bridgehead atoms. The molecule has 0 aromatic carbocycles. The van der Waals surface area contributed by atoms with Crippen molar-refractivity contribution in [1.29, 1.82) is 0 Å². The highest BCUT2D eigenvalue weighted by atomic mass is 16.5. The molecule has 0 spiro atoms. The summed E-state index contributed by atoms with van der Waals surface area (Å²) in [7, 11) is 2.06. The fourth-order valence-electron chi connectivity index (χ4n) is 2.15. The van der Waals surface area contributed by atoms with Crippen molar-refractivity contribution in [1.82, 2.24) is 4.98 Å². The lowest BCUT2D eigenvalue weighted by Crippen LogP contribution is -2.40. The second kappa shape index (κ2) is 5.36. The molecule has 1 aromatic heterocycles. The number of pyridine rings is 1. The van der Waals surface area contributed by atoms with Gasteiger partial charge >= 0.3 is 0 Å². The van der Waals surface area contributed by atoms with Crippen molar-refractivity contribution in [2.75, 3.05) is 25.1 Å². The Morgan fingerprint density at radius 2 is 2.29 bits per heavy atom. The van der Waals surface area contributed by atoms with Gasteiger partial charge in [-0.2, -0.15) is 4.98 Å². The van der Waals surface area contributed by atoms with Gasteiger partial charge in [-0.3, -0.25) is 0 Å². The molecule has 2 rings (SSSR count). The van der Waals surface area contributed by atoms with Gasteiger partial charge in [0.25, 0.3) is 0 Å². The van der Waals surface area contributed by atoms with E-state index >= 15 is 0 Å². The molecule has 0 radical (unpaired) electrons. The zero-order chi connectivity index (χ0) is 12.3. The van der Waals surface area contributed by atoms with Gasteiger partial charge in [0.05, 0.1) is 6.61 Å². The molecule has 0 saturated heterocycles. The van der Waals surface area contributed by atoms with Crippen LogP contribution in [0.2, 0.25) is 0 Å².